The van der Waals surface area contributed by atoms with Gasteiger partial charge in [-0.25, -0.2) is 4.68 Å². The van der Waals surface area contributed by atoms with Crippen LogP contribution in [0.2, 0.25) is 0 Å². The fourth-order valence-electron chi connectivity index (χ4n) is 3.00. The Labute approximate surface area is 148 Å². The number of carbonyl (C=O) groups is 1. The Morgan fingerprint density at radius 2 is 1.88 bits per heavy atom. The summed E-state index contributed by atoms with van der Waals surface area (Å²) in [5.74, 6) is -4.68. The number of hydrogen-bond donors (Lipinski definition) is 1. The zero-order valence-corrected chi connectivity index (χ0v) is 13.9. The van der Waals surface area contributed by atoms with Crippen molar-refractivity contribution < 1.29 is 23.1 Å². The summed E-state index contributed by atoms with van der Waals surface area (Å²) < 4.78 is 40.6. The molecule has 1 saturated heterocycles. The molecule has 3 rings (SSSR count). The van der Waals surface area contributed by atoms with Crippen LogP contribution in [0.1, 0.15) is 5.69 Å². The van der Waals surface area contributed by atoms with E-state index in [0.717, 1.165) is 5.69 Å². The molecule has 0 bridgehead atoms. The van der Waals surface area contributed by atoms with Crippen LogP contribution in [0.15, 0.2) is 42.6 Å². The maximum absolute atomic E-state index is 13.0. The second-order valence-electron chi connectivity index (χ2n) is 5.87. The van der Waals surface area contributed by atoms with Gasteiger partial charge in [0.2, 0.25) is 0 Å². The molecule has 0 spiro atoms. The maximum Gasteiger partial charge on any atom is 0.393 e. The molecule has 1 aliphatic rings. The normalized spacial score (nSPS) is 21.1. The molecule has 0 saturated carbocycles. The molecule has 1 aliphatic heterocycles. The second-order valence-corrected chi connectivity index (χ2v) is 5.87. The van der Waals surface area contributed by atoms with Crippen LogP contribution in [0.3, 0.4) is 0 Å². The van der Waals surface area contributed by atoms with Crippen molar-refractivity contribution in [2.75, 3.05) is 13.1 Å². The van der Waals surface area contributed by atoms with Crippen LogP contribution in [-0.4, -0.2) is 45.0 Å². The van der Waals surface area contributed by atoms with Gasteiger partial charge in [0, 0.05) is 25.8 Å². The van der Waals surface area contributed by atoms with Crippen molar-refractivity contribution in [2.24, 2.45) is 11.8 Å². The monoisotopic (exact) mass is 375 g/mol. The number of para-hydroxylation sites is 1. The lowest BCUT2D eigenvalue weighted by Crippen LogP contribution is -2.33. The van der Waals surface area contributed by atoms with Gasteiger partial charge >= 0.3 is 12.1 Å². The minimum atomic E-state index is -4.51. The van der Waals surface area contributed by atoms with E-state index >= 15 is 0 Å². The Balaban J connectivity index is 0.00000225. The van der Waals surface area contributed by atoms with Gasteiger partial charge in [0.15, 0.2) is 0 Å². The molecule has 1 aromatic heterocycles. The predicted octanol–water partition coefficient (Wildman–Crippen LogP) is 2.99. The number of benzene rings is 1. The van der Waals surface area contributed by atoms with Gasteiger partial charge in [0.25, 0.3) is 0 Å². The third kappa shape index (κ3) is 4.32. The van der Waals surface area contributed by atoms with Gasteiger partial charge in [0.1, 0.15) is 0 Å². The number of aromatic nitrogens is 2. The largest absolute Gasteiger partial charge is 0.481 e. The fourth-order valence-corrected chi connectivity index (χ4v) is 3.00. The number of alkyl halides is 3. The number of carboxylic acids is 1. The van der Waals surface area contributed by atoms with Gasteiger partial charge < -0.3 is 5.11 Å². The van der Waals surface area contributed by atoms with E-state index in [1.807, 2.05) is 30.3 Å². The molecule has 0 aliphatic carbocycles. The predicted molar refractivity (Wildman–Crippen MR) is 86.8 cm³/mol. The highest BCUT2D eigenvalue weighted by molar-refractivity contribution is 5.85. The highest BCUT2D eigenvalue weighted by atomic mass is 35.5. The molecule has 0 unspecified atom stereocenters. The number of hydrogen-bond acceptors (Lipinski definition) is 3. The van der Waals surface area contributed by atoms with E-state index in [9.17, 15) is 18.0 Å². The number of aliphatic carboxylic acids is 1. The van der Waals surface area contributed by atoms with Gasteiger partial charge in [-0.2, -0.15) is 18.3 Å². The first-order valence-corrected chi connectivity index (χ1v) is 7.46. The zero-order valence-electron chi connectivity index (χ0n) is 13.1. The van der Waals surface area contributed by atoms with Crippen molar-refractivity contribution in [1.29, 1.82) is 0 Å². The summed E-state index contributed by atoms with van der Waals surface area (Å²) in [6.07, 6.45) is -2.78. The molecule has 2 atom stereocenters. The Morgan fingerprint density at radius 1 is 1.20 bits per heavy atom. The van der Waals surface area contributed by atoms with Gasteiger partial charge in [-0.05, 0) is 18.2 Å². The van der Waals surface area contributed by atoms with Crippen LogP contribution in [0.25, 0.3) is 5.69 Å². The minimum Gasteiger partial charge on any atom is -0.481 e. The van der Waals surface area contributed by atoms with Crippen LogP contribution in [-0.2, 0) is 11.3 Å². The molecule has 136 valence electrons. The van der Waals surface area contributed by atoms with Crippen molar-refractivity contribution in [3.63, 3.8) is 0 Å². The van der Waals surface area contributed by atoms with Crippen LogP contribution < -0.4 is 0 Å². The molecule has 0 radical (unpaired) electrons. The van der Waals surface area contributed by atoms with Crippen molar-refractivity contribution in [2.45, 2.75) is 12.7 Å². The summed E-state index contributed by atoms with van der Waals surface area (Å²) in [7, 11) is 0. The first-order chi connectivity index (χ1) is 11.3. The molecule has 1 N–H and O–H groups in total. The Bertz CT molecular complexity index is 721. The summed E-state index contributed by atoms with van der Waals surface area (Å²) in [6.45, 7) is -0.257. The van der Waals surface area contributed by atoms with Gasteiger partial charge in [-0.3, -0.25) is 9.69 Å². The van der Waals surface area contributed by atoms with E-state index in [-0.39, 0.29) is 32.0 Å². The fraction of sp³-hybridized carbons (Fsp3) is 0.375. The van der Waals surface area contributed by atoms with E-state index in [1.54, 1.807) is 16.9 Å². The quantitative estimate of drug-likeness (QED) is 0.892. The van der Waals surface area contributed by atoms with Gasteiger partial charge in [-0.1, -0.05) is 18.2 Å². The summed E-state index contributed by atoms with van der Waals surface area (Å²) in [4.78, 5) is 12.6. The molecule has 2 aromatic rings. The van der Waals surface area contributed by atoms with Crippen LogP contribution in [0.4, 0.5) is 13.2 Å². The molecule has 0 amide bonds. The Kier molecular flexibility index (Phi) is 5.74. The highest BCUT2D eigenvalue weighted by Gasteiger charge is 2.52. The van der Waals surface area contributed by atoms with Crippen LogP contribution >= 0.6 is 12.4 Å². The SMILES string of the molecule is Cl.O=C(O)[C@@H]1CN(Cc2ccn(-c3ccccc3)n2)C[C@H]1C(F)(F)F. The molecule has 25 heavy (non-hydrogen) atoms. The van der Waals surface area contributed by atoms with E-state index in [0.29, 0.717) is 5.69 Å². The van der Waals surface area contributed by atoms with Gasteiger partial charge in [-0.15, -0.1) is 12.4 Å². The highest BCUT2D eigenvalue weighted by Crippen LogP contribution is 2.38. The first-order valence-electron chi connectivity index (χ1n) is 7.46. The van der Waals surface area contributed by atoms with E-state index in [1.165, 1.54) is 4.90 Å². The summed E-state index contributed by atoms with van der Waals surface area (Å²) in [6, 6.07) is 11.1. The summed E-state index contributed by atoms with van der Waals surface area (Å²) >= 11 is 0. The number of nitrogens with zero attached hydrogens (tertiary/aromatic N) is 3. The van der Waals surface area contributed by atoms with E-state index in [2.05, 4.69) is 5.10 Å². The Hall–Kier alpha value is -2.06. The standard InChI is InChI=1S/C16H16F3N3O2.ClH/c17-16(18,19)14-10-21(9-13(14)15(23)24)8-11-6-7-22(20-11)12-4-2-1-3-5-12;/h1-7,13-14H,8-10H2,(H,23,24);1H/t13-,14-;/m1./s1. The molecule has 5 nitrogen and oxygen atoms in total. The first kappa shape index (κ1) is 19.3. The Morgan fingerprint density at radius 3 is 2.44 bits per heavy atom. The lowest BCUT2D eigenvalue weighted by atomic mass is 9.96. The number of rotatable bonds is 4. The van der Waals surface area contributed by atoms with Crippen LogP contribution in [0, 0.1) is 11.8 Å². The molecular formula is C16H17ClF3N3O2. The molecular weight excluding hydrogens is 359 g/mol. The molecule has 2 heterocycles. The maximum atomic E-state index is 13.0. The molecule has 9 heteroatoms. The third-order valence-corrected chi connectivity index (χ3v) is 4.18. The third-order valence-electron chi connectivity index (χ3n) is 4.18. The average Bonchev–Trinajstić information content (AvgIpc) is 3.15. The van der Waals surface area contributed by atoms with E-state index in [4.69, 9.17) is 5.11 Å². The lowest BCUT2D eigenvalue weighted by Gasteiger charge is -2.18. The van der Waals surface area contributed by atoms with Crippen molar-refractivity contribution in [3.05, 3.63) is 48.3 Å². The average molecular weight is 376 g/mol. The molecule has 1 fully saturated rings. The van der Waals surface area contributed by atoms with Gasteiger partial charge in [0.05, 0.1) is 23.2 Å². The minimum absolute atomic E-state index is 0. The van der Waals surface area contributed by atoms with Crippen molar-refractivity contribution in [3.8, 4) is 5.69 Å². The number of carboxylic acid groups (broad SMARTS) is 1. The number of halogens is 4. The van der Waals surface area contributed by atoms with E-state index < -0.39 is 24.0 Å². The zero-order chi connectivity index (χ0) is 17.3. The second kappa shape index (κ2) is 7.45. The summed E-state index contributed by atoms with van der Waals surface area (Å²) in [5, 5.41) is 13.4. The topological polar surface area (TPSA) is 58.4 Å². The molecule has 1 aromatic carbocycles. The number of likely N-dealkylation sites (tertiary alicyclic amines) is 1. The summed E-state index contributed by atoms with van der Waals surface area (Å²) in [5.41, 5.74) is 1.45. The van der Waals surface area contributed by atoms with Crippen LogP contribution in [0.5, 0.6) is 0 Å². The smallest absolute Gasteiger partial charge is 0.393 e. The lowest BCUT2D eigenvalue weighted by molar-refractivity contribution is -0.188. The van der Waals surface area contributed by atoms with Crippen molar-refractivity contribution in [1.82, 2.24) is 14.7 Å². The van der Waals surface area contributed by atoms with Crippen molar-refractivity contribution >= 4 is 18.4 Å².